The van der Waals surface area contributed by atoms with E-state index >= 15 is 0 Å². The highest BCUT2D eigenvalue weighted by atomic mass is 79.9. The average Bonchev–Trinajstić information content (AvgIpc) is 2.21. The van der Waals surface area contributed by atoms with Crippen molar-refractivity contribution in [3.05, 3.63) is 0 Å². The molecule has 0 aromatic rings. The lowest BCUT2D eigenvalue weighted by Gasteiger charge is -2.23. The normalized spacial score (nSPS) is 11.6. The summed E-state index contributed by atoms with van der Waals surface area (Å²) < 4.78 is 41.8. The first-order valence-corrected chi connectivity index (χ1v) is 6.51. The molecule has 0 aliphatic carbocycles. The van der Waals surface area contributed by atoms with Crippen LogP contribution in [0.25, 0.3) is 0 Å². The van der Waals surface area contributed by atoms with Crippen molar-refractivity contribution in [3.63, 3.8) is 0 Å². The minimum Gasteiger partial charge on any atom is -0.382 e. The summed E-state index contributed by atoms with van der Waals surface area (Å²) in [6.07, 6.45) is -3.86. The van der Waals surface area contributed by atoms with Crippen LogP contribution in [0.5, 0.6) is 0 Å². The van der Waals surface area contributed by atoms with E-state index in [1.165, 1.54) is 0 Å². The van der Waals surface area contributed by atoms with E-state index in [1.807, 2.05) is 6.92 Å². The summed E-state index contributed by atoms with van der Waals surface area (Å²) in [5, 5.41) is 0.367. The van der Waals surface area contributed by atoms with E-state index in [0.717, 1.165) is 4.90 Å². The van der Waals surface area contributed by atoms with Gasteiger partial charge in [0.2, 0.25) is 5.91 Å². The molecule has 7 heteroatoms. The summed E-state index contributed by atoms with van der Waals surface area (Å²) in [7, 11) is 0. The number of hydrogen-bond acceptors (Lipinski definition) is 2. The van der Waals surface area contributed by atoms with Gasteiger partial charge in [-0.15, -0.1) is 0 Å². The first-order valence-electron chi connectivity index (χ1n) is 5.39. The van der Waals surface area contributed by atoms with Crippen LogP contribution in [0.4, 0.5) is 13.2 Å². The van der Waals surface area contributed by atoms with Crippen molar-refractivity contribution >= 4 is 21.8 Å². The number of carbonyl (C=O) groups excluding carboxylic acids is 1. The molecule has 0 bridgehead atoms. The van der Waals surface area contributed by atoms with E-state index in [4.69, 9.17) is 4.74 Å². The molecule has 0 spiro atoms. The summed E-state index contributed by atoms with van der Waals surface area (Å²) in [6, 6.07) is 0. The standard InChI is InChI=1S/C10H17BrF3NO2/c1-2-17-7-3-6-15(8-10(12,13)14)9(16)4-5-11/h2-8H2,1H3. The third kappa shape index (κ3) is 9.41. The van der Waals surface area contributed by atoms with E-state index in [-0.39, 0.29) is 13.0 Å². The minimum absolute atomic E-state index is 0.0741. The van der Waals surface area contributed by atoms with Gasteiger partial charge in [-0.2, -0.15) is 13.2 Å². The van der Waals surface area contributed by atoms with Crippen LogP contribution in [0.2, 0.25) is 0 Å². The highest BCUT2D eigenvalue weighted by Crippen LogP contribution is 2.17. The maximum Gasteiger partial charge on any atom is 0.406 e. The molecule has 0 radical (unpaired) electrons. The van der Waals surface area contributed by atoms with Gasteiger partial charge in [0.05, 0.1) is 0 Å². The zero-order valence-corrected chi connectivity index (χ0v) is 11.3. The number of rotatable bonds is 8. The van der Waals surface area contributed by atoms with Crippen molar-refractivity contribution in [1.82, 2.24) is 4.90 Å². The molecular formula is C10H17BrF3NO2. The fourth-order valence-corrected chi connectivity index (χ4v) is 1.59. The number of amides is 1. The Kier molecular flexibility index (Phi) is 8.59. The molecule has 0 unspecified atom stereocenters. The van der Waals surface area contributed by atoms with Gasteiger partial charge in [0.15, 0.2) is 0 Å². The molecule has 17 heavy (non-hydrogen) atoms. The molecule has 0 N–H and O–H groups in total. The van der Waals surface area contributed by atoms with Crippen LogP contribution < -0.4 is 0 Å². The van der Waals surface area contributed by atoms with Gasteiger partial charge in [-0.1, -0.05) is 15.9 Å². The summed E-state index contributed by atoms with van der Waals surface area (Å²) in [5.41, 5.74) is 0. The largest absolute Gasteiger partial charge is 0.406 e. The second-order valence-corrected chi connectivity index (χ2v) is 4.21. The monoisotopic (exact) mass is 319 g/mol. The Labute approximate surface area is 107 Å². The van der Waals surface area contributed by atoms with Crippen LogP contribution in [0.15, 0.2) is 0 Å². The Bertz CT molecular complexity index is 224. The topological polar surface area (TPSA) is 29.5 Å². The Hall–Kier alpha value is -0.300. The smallest absolute Gasteiger partial charge is 0.382 e. The number of halogens is 4. The summed E-state index contributed by atoms with van der Waals surface area (Å²) >= 11 is 3.04. The van der Waals surface area contributed by atoms with Crippen LogP contribution in [-0.4, -0.2) is 48.6 Å². The van der Waals surface area contributed by atoms with Crippen molar-refractivity contribution in [3.8, 4) is 0 Å². The number of carbonyl (C=O) groups is 1. The predicted octanol–water partition coefficient (Wildman–Crippen LogP) is 2.59. The average molecular weight is 320 g/mol. The van der Waals surface area contributed by atoms with E-state index < -0.39 is 18.6 Å². The first kappa shape index (κ1) is 16.7. The molecule has 0 saturated heterocycles. The molecule has 0 rings (SSSR count). The number of alkyl halides is 4. The maximum atomic E-state index is 12.2. The third-order valence-electron chi connectivity index (χ3n) is 1.95. The maximum absolute atomic E-state index is 12.2. The van der Waals surface area contributed by atoms with Gasteiger partial charge in [-0.3, -0.25) is 4.79 Å². The van der Waals surface area contributed by atoms with Crippen LogP contribution in [0.1, 0.15) is 19.8 Å². The molecule has 1 amide bonds. The highest BCUT2D eigenvalue weighted by Gasteiger charge is 2.32. The van der Waals surface area contributed by atoms with E-state index in [2.05, 4.69) is 15.9 Å². The van der Waals surface area contributed by atoms with Crippen LogP contribution in [0, 0.1) is 0 Å². The van der Waals surface area contributed by atoms with E-state index in [9.17, 15) is 18.0 Å². The van der Waals surface area contributed by atoms with Gasteiger partial charge in [-0.05, 0) is 13.3 Å². The van der Waals surface area contributed by atoms with E-state index in [0.29, 0.717) is 25.0 Å². The van der Waals surface area contributed by atoms with Gasteiger partial charge in [-0.25, -0.2) is 0 Å². The Balaban J connectivity index is 4.16. The molecule has 0 fully saturated rings. The Morgan fingerprint density at radius 3 is 2.53 bits per heavy atom. The Morgan fingerprint density at radius 2 is 2.06 bits per heavy atom. The van der Waals surface area contributed by atoms with Crippen molar-refractivity contribution in [2.45, 2.75) is 25.9 Å². The molecule has 0 saturated carbocycles. The first-order chi connectivity index (χ1) is 7.90. The molecular weight excluding hydrogens is 303 g/mol. The molecule has 3 nitrogen and oxygen atoms in total. The second kappa shape index (κ2) is 8.74. The molecule has 0 heterocycles. The lowest BCUT2D eigenvalue weighted by atomic mass is 10.3. The quantitative estimate of drug-likeness (QED) is 0.508. The molecule has 0 aromatic heterocycles. The van der Waals surface area contributed by atoms with E-state index in [1.54, 1.807) is 0 Å². The summed E-state index contributed by atoms with van der Waals surface area (Å²) in [4.78, 5) is 12.3. The summed E-state index contributed by atoms with van der Waals surface area (Å²) in [5.74, 6) is -0.490. The van der Waals surface area contributed by atoms with Crippen molar-refractivity contribution in [2.75, 3.05) is 31.6 Å². The van der Waals surface area contributed by atoms with Gasteiger partial charge in [0.25, 0.3) is 0 Å². The zero-order chi connectivity index (χ0) is 13.3. The fourth-order valence-electron chi connectivity index (χ4n) is 1.25. The number of hydrogen-bond donors (Lipinski definition) is 0. The zero-order valence-electron chi connectivity index (χ0n) is 9.73. The van der Waals surface area contributed by atoms with Crippen molar-refractivity contribution < 1.29 is 22.7 Å². The number of nitrogens with zero attached hydrogens (tertiary/aromatic N) is 1. The Morgan fingerprint density at radius 1 is 1.41 bits per heavy atom. The predicted molar refractivity (Wildman–Crippen MR) is 62.2 cm³/mol. The number of ether oxygens (including phenoxy) is 1. The SMILES string of the molecule is CCOCCCN(CC(F)(F)F)C(=O)CCBr. The van der Waals surface area contributed by atoms with Crippen molar-refractivity contribution in [2.24, 2.45) is 0 Å². The van der Waals surface area contributed by atoms with Gasteiger partial charge in [0.1, 0.15) is 6.54 Å². The molecule has 0 aliphatic rings. The van der Waals surface area contributed by atoms with Crippen LogP contribution in [-0.2, 0) is 9.53 Å². The lowest BCUT2D eigenvalue weighted by molar-refractivity contribution is -0.161. The molecule has 0 aliphatic heterocycles. The second-order valence-electron chi connectivity index (χ2n) is 3.42. The molecule has 0 atom stereocenters. The van der Waals surface area contributed by atoms with Gasteiger partial charge < -0.3 is 9.64 Å². The molecule has 0 aromatic carbocycles. The lowest BCUT2D eigenvalue weighted by Crippen LogP contribution is -2.40. The minimum atomic E-state index is -4.35. The third-order valence-corrected chi connectivity index (χ3v) is 2.35. The van der Waals surface area contributed by atoms with Gasteiger partial charge in [0, 0.05) is 31.5 Å². The molecule has 102 valence electrons. The van der Waals surface area contributed by atoms with Crippen LogP contribution in [0.3, 0.4) is 0 Å². The summed E-state index contributed by atoms with van der Waals surface area (Å²) in [6.45, 7) is 1.58. The highest BCUT2D eigenvalue weighted by molar-refractivity contribution is 9.09. The van der Waals surface area contributed by atoms with Crippen molar-refractivity contribution in [1.29, 1.82) is 0 Å². The van der Waals surface area contributed by atoms with Gasteiger partial charge >= 0.3 is 6.18 Å². The van der Waals surface area contributed by atoms with Crippen LogP contribution >= 0.6 is 15.9 Å². The fraction of sp³-hybridized carbons (Fsp3) is 0.900.